The van der Waals surface area contributed by atoms with Crippen LogP contribution in [0.15, 0.2) is 59.4 Å². The van der Waals surface area contributed by atoms with E-state index in [2.05, 4.69) is 27.0 Å². The van der Waals surface area contributed by atoms with Crippen molar-refractivity contribution < 1.29 is 0 Å². The van der Waals surface area contributed by atoms with Crippen LogP contribution in [0, 0.1) is 0 Å². The van der Waals surface area contributed by atoms with Gasteiger partial charge in [-0.2, -0.15) is 0 Å². The molecule has 0 aliphatic carbocycles. The largest absolute Gasteiger partial charge is 0.328 e. The van der Waals surface area contributed by atoms with Gasteiger partial charge < -0.3 is 10.7 Å². The minimum atomic E-state index is -0.199. The van der Waals surface area contributed by atoms with Gasteiger partial charge in [-0.3, -0.25) is 9.69 Å². The number of hydrogen-bond donors (Lipinski definition) is 2. The maximum atomic E-state index is 12.2. The molecule has 28 heavy (non-hydrogen) atoms. The van der Waals surface area contributed by atoms with Gasteiger partial charge in [0.2, 0.25) is 0 Å². The van der Waals surface area contributed by atoms with Gasteiger partial charge in [-0.05, 0) is 43.6 Å². The Morgan fingerprint density at radius 3 is 2.68 bits per heavy atom. The van der Waals surface area contributed by atoms with Gasteiger partial charge in [-0.1, -0.05) is 48.0 Å². The second-order valence-corrected chi connectivity index (χ2v) is 7.68. The number of nitrogens with two attached hydrogens (primary N) is 1. The summed E-state index contributed by atoms with van der Waals surface area (Å²) in [5, 5.41) is 0.573. The summed E-state index contributed by atoms with van der Waals surface area (Å²) in [6.45, 7) is 2.90. The van der Waals surface area contributed by atoms with E-state index in [4.69, 9.17) is 17.3 Å². The summed E-state index contributed by atoms with van der Waals surface area (Å²) in [4.78, 5) is 22.2. The third-order valence-electron chi connectivity index (χ3n) is 5.13. The first-order valence-electron chi connectivity index (χ1n) is 9.52. The van der Waals surface area contributed by atoms with Crippen LogP contribution in [0.1, 0.15) is 18.4 Å². The number of halogens is 1. The molecule has 0 atom stereocenters. The Hall–Kier alpha value is -2.47. The molecule has 0 radical (unpaired) electrons. The second kappa shape index (κ2) is 8.27. The van der Waals surface area contributed by atoms with Crippen molar-refractivity contribution in [2.45, 2.75) is 25.4 Å². The number of H-pyrrole nitrogens is 1. The van der Waals surface area contributed by atoms with Crippen molar-refractivity contribution in [1.29, 1.82) is 0 Å². The van der Waals surface area contributed by atoms with Crippen LogP contribution in [0.25, 0.3) is 22.6 Å². The van der Waals surface area contributed by atoms with Crippen molar-refractivity contribution >= 4 is 11.6 Å². The second-order valence-electron chi connectivity index (χ2n) is 7.27. The Balaban J connectivity index is 1.63. The summed E-state index contributed by atoms with van der Waals surface area (Å²) in [7, 11) is 0. The van der Waals surface area contributed by atoms with E-state index in [0.29, 0.717) is 22.6 Å². The molecule has 3 aromatic rings. The van der Waals surface area contributed by atoms with E-state index in [9.17, 15) is 4.79 Å². The number of nitrogens with zero attached hydrogens (tertiary/aromatic N) is 2. The molecule has 4 rings (SSSR count). The lowest BCUT2D eigenvalue weighted by Gasteiger charge is -2.30. The Morgan fingerprint density at radius 2 is 1.89 bits per heavy atom. The maximum Gasteiger partial charge on any atom is 0.251 e. The molecule has 3 N–H and O–H groups in total. The van der Waals surface area contributed by atoms with Crippen LogP contribution >= 0.6 is 11.6 Å². The molecule has 144 valence electrons. The quantitative estimate of drug-likeness (QED) is 0.707. The summed E-state index contributed by atoms with van der Waals surface area (Å²) < 4.78 is 0. The zero-order chi connectivity index (χ0) is 19.5. The first-order valence-corrected chi connectivity index (χ1v) is 9.90. The summed E-state index contributed by atoms with van der Waals surface area (Å²) in [6.07, 6.45) is 2.07. The van der Waals surface area contributed by atoms with Crippen LogP contribution in [0.4, 0.5) is 0 Å². The fraction of sp³-hybridized carbons (Fsp3) is 0.273. The van der Waals surface area contributed by atoms with Crippen LogP contribution in [-0.4, -0.2) is 34.0 Å². The summed E-state index contributed by atoms with van der Waals surface area (Å²) in [5.74, 6) is 0.546. The Morgan fingerprint density at radius 1 is 1.11 bits per heavy atom. The van der Waals surface area contributed by atoms with Gasteiger partial charge in [-0.25, -0.2) is 4.98 Å². The van der Waals surface area contributed by atoms with E-state index in [1.165, 1.54) is 11.6 Å². The highest BCUT2D eigenvalue weighted by Crippen LogP contribution is 2.26. The SMILES string of the molecule is NC1CCN(Cc2cccc(-c3nc(-c4ccccc4Cl)cc(=O)[nH]3)c2)CC1. The lowest BCUT2D eigenvalue weighted by Crippen LogP contribution is -2.39. The van der Waals surface area contributed by atoms with Gasteiger partial charge in [0.1, 0.15) is 5.82 Å². The molecule has 0 spiro atoms. The van der Waals surface area contributed by atoms with Crippen molar-refractivity contribution in [1.82, 2.24) is 14.9 Å². The average Bonchev–Trinajstić information content (AvgIpc) is 2.70. The molecular formula is C22H23ClN4O. The normalized spacial score (nSPS) is 15.6. The highest BCUT2D eigenvalue weighted by atomic mass is 35.5. The maximum absolute atomic E-state index is 12.2. The van der Waals surface area contributed by atoms with Crippen LogP contribution in [0.3, 0.4) is 0 Å². The Kier molecular flexibility index (Phi) is 5.57. The smallest absolute Gasteiger partial charge is 0.251 e. The van der Waals surface area contributed by atoms with E-state index in [0.717, 1.165) is 43.6 Å². The van der Waals surface area contributed by atoms with Crippen molar-refractivity contribution in [3.05, 3.63) is 75.5 Å². The lowest BCUT2D eigenvalue weighted by atomic mass is 10.0. The standard InChI is InChI=1S/C22H23ClN4O/c23-19-7-2-1-6-18(19)20-13-21(28)26-22(25-20)16-5-3-4-15(12-16)14-27-10-8-17(24)9-11-27/h1-7,12-13,17H,8-11,14,24H2,(H,25,26,28). The molecule has 1 saturated heterocycles. The van der Waals surface area contributed by atoms with Gasteiger partial charge in [0.25, 0.3) is 5.56 Å². The average molecular weight is 395 g/mol. The number of benzene rings is 2. The topological polar surface area (TPSA) is 75.0 Å². The predicted octanol–water partition coefficient (Wildman–Crippen LogP) is 3.68. The predicted molar refractivity (Wildman–Crippen MR) is 113 cm³/mol. The lowest BCUT2D eigenvalue weighted by molar-refractivity contribution is 0.205. The van der Waals surface area contributed by atoms with Crippen LogP contribution in [-0.2, 0) is 6.54 Å². The number of nitrogens with one attached hydrogen (secondary N) is 1. The molecule has 0 bridgehead atoms. The van der Waals surface area contributed by atoms with Crippen molar-refractivity contribution in [3.63, 3.8) is 0 Å². The van der Waals surface area contributed by atoms with Gasteiger partial charge in [-0.15, -0.1) is 0 Å². The van der Waals surface area contributed by atoms with Crippen molar-refractivity contribution in [2.75, 3.05) is 13.1 Å². The molecule has 1 aliphatic heterocycles. The zero-order valence-electron chi connectivity index (χ0n) is 15.6. The molecule has 1 aliphatic rings. The summed E-state index contributed by atoms with van der Waals surface area (Å²) in [5.41, 5.74) is 9.20. The monoisotopic (exact) mass is 394 g/mol. The third kappa shape index (κ3) is 4.33. The van der Waals surface area contributed by atoms with Crippen LogP contribution in [0.2, 0.25) is 5.02 Å². The minimum absolute atomic E-state index is 0.199. The molecule has 6 heteroatoms. The number of aromatic nitrogens is 2. The summed E-state index contributed by atoms with van der Waals surface area (Å²) in [6, 6.07) is 17.4. The number of rotatable bonds is 4. The highest BCUT2D eigenvalue weighted by Gasteiger charge is 2.16. The fourth-order valence-corrected chi connectivity index (χ4v) is 3.82. The molecule has 2 aromatic carbocycles. The van der Waals surface area contributed by atoms with Gasteiger partial charge in [0.05, 0.1) is 5.69 Å². The number of aromatic amines is 1. The van der Waals surface area contributed by atoms with Crippen LogP contribution in [0.5, 0.6) is 0 Å². The van der Waals surface area contributed by atoms with Crippen molar-refractivity contribution in [2.24, 2.45) is 5.73 Å². The van der Waals surface area contributed by atoms with E-state index < -0.39 is 0 Å². The van der Waals surface area contributed by atoms with E-state index in [-0.39, 0.29) is 5.56 Å². The van der Waals surface area contributed by atoms with Gasteiger partial charge in [0, 0.05) is 34.8 Å². The fourth-order valence-electron chi connectivity index (χ4n) is 3.59. The molecule has 2 heterocycles. The summed E-state index contributed by atoms with van der Waals surface area (Å²) >= 11 is 6.29. The molecule has 1 aromatic heterocycles. The van der Waals surface area contributed by atoms with E-state index in [1.807, 2.05) is 30.3 Å². The Bertz CT molecular complexity index is 1020. The number of likely N-dealkylation sites (tertiary alicyclic amines) is 1. The first kappa shape index (κ1) is 18.9. The zero-order valence-corrected chi connectivity index (χ0v) is 16.3. The Labute approximate surface area is 169 Å². The van der Waals surface area contributed by atoms with Gasteiger partial charge in [0.15, 0.2) is 0 Å². The molecular weight excluding hydrogens is 372 g/mol. The van der Waals surface area contributed by atoms with E-state index in [1.54, 1.807) is 6.07 Å². The van der Waals surface area contributed by atoms with Gasteiger partial charge >= 0.3 is 0 Å². The van der Waals surface area contributed by atoms with Crippen LogP contribution < -0.4 is 11.3 Å². The minimum Gasteiger partial charge on any atom is -0.328 e. The highest BCUT2D eigenvalue weighted by molar-refractivity contribution is 6.33. The molecule has 0 saturated carbocycles. The van der Waals surface area contributed by atoms with E-state index >= 15 is 0 Å². The first-order chi connectivity index (χ1) is 13.6. The molecule has 0 unspecified atom stereocenters. The number of hydrogen-bond acceptors (Lipinski definition) is 4. The molecule has 5 nitrogen and oxygen atoms in total. The number of piperidine rings is 1. The third-order valence-corrected chi connectivity index (χ3v) is 5.46. The van der Waals surface area contributed by atoms with Crippen molar-refractivity contribution in [3.8, 4) is 22.6 Å². The molecule has 0 amide bonds. The molecule has 1 fully saturated rings.